The van der Waals surface area contributed by atoms with Crippen molar-refractivity contribution < 1.29 is 5.11 Å². The van der Waals surface area contributed by atoms with Crippen LogP contribution in [0.2, 0.25) is 0 Å². The van der Waals surface area contributed by atoms with Gasteiger partial charge < -0.3 is 5.11 Å². The number of hydrogen-bond acceptors (Lipinski definition) is 4. The van der Waals surface area contributed by atoms with Crippen molar-refractivity contribution in [2.45, 2.75) is 26.4 Å². The van der Waals surface area contributed by atoms with E-state index in [4.69, 9.17) is 0 Å². The number of aromatic nitrogens is 1. The Bertz CT molecular complexity index is 472. The van der Waals surface area contributed by atoms with Crippen LogP contribution in [-0.2, 0) is 6.42 Å². The van der Waals surface area contributed by atoms with Gasteiger partial charge in [-0.3, -0.25) is 0 Å². The van der Waals surface area contributed by atoms with Crippen molar-refractivity contribution in [3.8, 4) is 0 Å². The van der Waals surface area contributed by atoms with E-state index in [-0.39, 0.29) is 0 Å². The highest BCUT2D eigenvalue weighted by molar-refractivity contribution is 9.10. The first-order valence-electron chi connectivity index (χ1n) is 4.91. The average molecular weight is 318 g/mol. The molecule has 1 unspecified atom stereocenters. The number of rotatable bonds is 3. The first kappa shape index (κ1) is 12.2. The van der Waals surface area contributed by atoms with E-state index in [1.165, 1.54) is 4.88 Å². The van der Waals surface area contributed by atoms with Gasteiger partial charge in [-0.25, -0.2) is 4.98 Å². The summed E-state index contributed by atoms with van der Waals surface area (Å²) < 4.78 is 0.981. The first-order valence-corrected chi connectivity index (χ1v) is 7.40. The quantitative estimate of drug-likeness (QED) is 0.932. The Balaban J connectivity index is 2.13. The fourth-order valence-corrected chi connectivity index (χ4v) is 4.02. The number of aliphatic hydroxyl groups excluding tert-OH is 1. The topological polar surface area (TPSA) is 33.1 Å². The van der Waals surface area contributed by atoms with Gasteiger partial charge in [0.05, 0.1) is 16.8 Å². The lowest BCUT2D eigenvalue weighted by atomic mass is 10.2. The normalized spacial score (nSPS) is 13.0. The Morgan fingerprint density at radius 1 is 1.50 bits per heavy atom. The smallest absolute Gasteiger partial charge is 0.0960 e. The fourth-order valence-electron chi connectivity index (χ4n) is 1.43. The molecular formula is C11H12BrNOS2. The van der Waals surface area contributed by atoms with Crippen molar-refractivity contribution in [2.75, 3.05) is 0 Å². The molecule has 0 fully saturated rings. The van der Waals surface area contributed by atoms with Gasteiger partial charge in [0.2, 0.25) is 0 Å². The van der Waals surface area contributed by atoms with Gasteiger partial charge in [-0.15, -0.1) is 22.7 Å². The molecule has 0 aliphatic heterocycles. The number of aryl methyl sites for hydroxylation is 2. The highest BCUT2D eigenvalue weighted by Crippen LogP contribution is 2.32. The van der Waals surface area contributed by atoms with Crippen LogP contribution in [0, 0.1) is 13.8 Å². The molecule has 86 valence electrons. The molecule has 2 aromatic rings. The van der Waals surface area contributed by atoms with Crippen LogP contribution in [0.1, 0.15) is 26.6 Å². The van der Waals surface area contributed by atoms with Gasteiger partial charge in [-0.2, -0.15) is 0 Å². The zero-order chi connectivity index (χ0) is 11.7. The molecular weight excluding hydrogens is 306 g/mol. The SMILES string of the molecule is Cc1nc(CC(O)c2sccc2Br)sc1C. The van der Waals surface area contributed by atoms with E-state index in [2.05, 4.69) is 27.8 Å². The summed E-state index contributed by atoms with van der Waals surface area (Å²) in [6.07, 6.45) is 0.137. The van der Waals surface area contributed by atoms with E-state index in [0.29, 0.717) is 6.42 Å². The van der Waals surface area contributed by atoms with Gasteiger partial charge in [0.25, 0.3) is 0 Å². The summed E-state index contributed by atoms with van der Waals surface area (Å²) in [6.45, 7) is 4.06. The van der Waals surface area contributed by atoms with Crippen molar-refractivity contribution in [3.63, 3.8) is 0 Å². The van der Waals surface area contributed by atoms with Gasteiger partial charge in [0, 0.05) is 20.6 Å². The monoisotopic (exact) mass is 317 g/mol. The van der Waals surface area contributed by atoms with E-state index >= 15 is 0 Å². The maximum Gasteiger partial charge on any atom is 0.0960 e. The second-order valence-electron chi connectivity index (χ2n) is 3.60. The Morgan fingerprint density at radius 3 is 2.75 bits per heavy atom. The zero-order valence-corrected chi connectivity index (χ0v) is 12.2. The minimum absolute atomic E-state index is 0.459. The molecule has 1 atom stereocenters. The van der Waals surface area contributed by atoms with Crippen LogP contribution < -0.4 is 0 Å². The van der Waals surface area contributed by atoms with E-state index in [1.807, 2.05) is 18.4 Å². The third-order valence-corrected chi connectivity index (χ3v) is 5.46. The van der Waals surface area contributed by atoms with Crippen molar-refractivity contribution in [3.05, 3.63) is 36.4 Å². The van der Waals surface area contributed by atoms with E-state index in [0.717, 1.165) is 20.1 Å². The minimum atomic E-state index is -0.459. The number of thiazole rings is 1. The van der Waals surface area contributed by atoms with Crippen molar-refractivity contribution >= 4 is 38.6 Å². The third kappa shape index (κ3) is 2.53. The summed E-state index contributed by atoms with van der Waals surface area (Å²) >= 11 is 6.67. The van der Waals surface area contributed by atoms with Crippen molar-refractivity contribution in [1.29, 1.82) is 0 Å². The molecule has 5 heteroatoms. The summed E-state index contributed by atoms with van der Waals surface area (Å²) in [5, 5.41) is 13.1. The van der Waals surface area contributed by atoms with Gasteiger partial charge in [-0.1, -0.05) is 0 Å². The van der Waals surface area contributed by atoms with Gasteiger partial charge in [-0.05, 0) is 41.2 Å². The van der Waals surface area contributed by atoms with Gasteiger partial charge in [0.1, 0.15) is 0 Å². The van der Waals surface area contributed by atoms with Crippen LogP contribution in [0.25, 0.3) is 0 Å². The minimum Gasteiger partial charge on any atom is -0.387 e. The lowest BCUT2D eigenvalue weighted by molar-refractivity contribution is 0.181. The molecule has 2 heterocycles. The molecule has 2 rings (SSSR count). The Kier molecular flexibility index (Phi) is 3.79. The number of thiophene rings is 1. The largest absolute Gasteiger partial charge is 0.387 e. The van der Waals surface area contributed by atoms with Crippen LogP contribution in [0.4, 0.5) is 0 Å². The maximum absolute atomic E-state index is 10.1. The Morgan fingerprint density at radius 2 is 2.25 bits per heavy atom. The second kappa shape index (κ2) is 4.96. The van der Waals surface area contributed by atoms with Crippen LogP contribution >= 0.6 is 38.6 Å². The predicted molar refractivity (Wildman–Crippen MR) is 72.3 cm³/mol. The lowest BCUT2D eigenvalue weighted by Gasteiger charge is -2.06. The summed E-state index contributed by atoms with van der Waals surface area (Å²) in [5.74, 6) is 0. The first-order chi connectivity index (χ1) is 7.58. The molecule has 0 aliphatic rings. The molecule has 2 aromatic heterocycles. The molecule has 16 heavy (non-hydrogen) atoms. The lowest BCUT2D eigenvalue weighted by Crippen LogP contribution is -1.99. The van der Waals surface area contributed by atoms with Crippen LogP contribution in [0.3, 0.4) is 0 Å². The molecule has 0 bridgehead atoms. The molecule has 2 nitrogen and oxygen atoms in total. The van der Waals surface area contributed by atoms with Gasteiger partial charge >= 0.3 is 0 Å². The molecule has 0 aliphatic carbocycles. The van der Waals surface area contributed by atoms with Crippen molar-refractivity contribution in [1.82, 2.24) is 4.98 Å². The summed E-state index contributed by atoms with van der Waals surface area (Å²) in [4.78, 5) is 6.64. The Hall–Kier alpha value is -0.230. The summed E-state index contributed by atoms with van der Waals surface area (Å²) in [5.41, 5.74) is 1.07. The molecule has 0 radical (unpaired) electrons. The highest BCUT2D eigenvalue weighted by Gasteiger charge is 2.15. The number of aliphatic hydroxyl groups is 1. The average Bonchev–Trinajstić information content (AvgIpc) is 2.74. The number of hydrogen-bond donors (Lipinski definition) is 1. The van der Waals surface area contributed by atoms with Crippen LogP contribution in [0.15, 0.2) is 15.9 Å². The molecule has 0 spiro atoms. The molecule has 0 amide bonds. The molecule has 1 N–H and O–H groups in total. The number of nitrogens with zero attached hydrogens (tertiary/aromatic N) is 1. The molecule has 0 saturated heterocycles. The van der Waals surface area contributed by atoms with Gasteiger partial charge in [0.15, 0.2) is 0 Å². The summed E-state index contributed by atoms with van der Waals surface area (Å²) in [7, 11) is 0. The van der Waals surface area contributed by atoms with E-state index in [1.54, 1.807) is 22.7 Å². The van der Waals surface area contributed by atoms with E-state index in [9.17, 15) is 5.11 Å². The third-order valence-electron chi connectivity index (χ3n) is 2.39. The maximum atomic E-state index is 10.1. The van der Waals surface area contributed by atoms with Crippen LogP contribution in [-0.4, -0.2) is 10.1 Å². The summed E-state index contributed by atoms with van der Waals surface area (Å²) in [6, 6.07) is 1.96. The van der Waals surface area contributed by atoms with Crippen LogP contribution in [0.5, 0.6) is 0 Å². The number of halogens is 1. The predicted octanol–water partition coefficient (Wildman–Crippen LogP) is 3.86. The molecule has 0 aromatic carbocycles. The fraction of sp³-hybridized carbons (Fsp3) is 0.364. The Labute approximate surface area is 111 Å². The standard InChI is InChI=1S/C11H12BrNOS2/c1-6-7(2)16-10(13-6)5-9(14)11-8(12)3-4-15-11/h3-4,9,14H,5H2,1-2H3. The highest BCUT2D eigenvalue weighted by atomic mass is 79.9. The van der Waals surface area contributed by atoms with E-state index < -0.39 is 6.10 Å². The molecule has 0 saturated carbocycles. The zero-order valence-electron chi connectivity index (χ0n) is 9.03. The van der Waals surface area contributed by atoms with Crippen molar-refractivity contribution in [2.24, 2.45) is 0 Å². The second-order valence-corrected chi connectivity index (χ2v) is 6.69.